The number of carbonyl (C=O) groups excluding carboxylic acids is 1. The van der Waals surface area contributed by atoms with Crippen LogP contribution in [0.4, 0.5) is 0 Å². The molecule has 1 rings (SSSR count). The molecule has 3 atom stereocenters. The predicted octanol–water partition coefficient (Wildman–Crippen LogP) is 1.56. The van der Waals surface area contributed by atoms with Crippen molar-refractivity contribution in [3.05, 3.63) is 0 Å². The number of nitrogens with one attached hydrogen (secondary N) is 1. The SMILES string of the molecule is CC(N)CCCC(=O)NCC1(O)CCCC(C)C1. The lowest BCUT2D eigenvalue weighted by molar-refractivity contribution is -0.123. The molecule has 4 heteroatoms. The molecule has 0 saturated heterocycles. The average Bonchev–Trinajstić information content (AvgIpc) is 2.26. The van der Waals surface area contributed by atoms with Gasteiger partial charge in [0.05, 0.1) is 5.60 Å². The second-order valence-corrected chi connectivity index (χ2v) is 6.07. The topological polar surface area (TPSA) is 75.4 Å². The van der Waals surface area contributed by atoms with Gasteiger partial charge in [0.1, 0.15) is 0 Å². The van der Waals surface area contributed by atoms with Crippen molar-refractivity contribution in [1.82, 2.24) is 5.32 Å². The van der Waals surface area contributed by atoms with E-state index in [1.54, 1.807) is 0 Å². The summed E-state index contributed by atoms with van der Waals surface area (Å²) in [6.07, 6.45) is 6.04. The van der Waals surface area contributed by atoms with Crippen LogP contribution in [0.25, 0.3) is 0 Å². The first kappa shape index (κ1) is 15.4. The van der Waals surface area contributed by atoms with Gasteiger partial charge in [-0.15, -0.1) is 0 Å². The maximum Gasteiger partial charge on any atom is 0.220 e. The molecule has 0 spiro atoms. The van der Waals surface area contributed by atoms with Crippen LogP contribution in [0.5, 0.6) is 0 Å². The molecule has 1 amide bonds. The predicted molar refractivity (Wildman–Crippen MR) is 73.1 cm³/mol. The Morgan fingerprint density at radius 1 is 1.61 bits per heavy atom. The van der Waals surface area contributed by atoms with Crippen LogP contribution < -0.4 is 11.1 Å². The lowest BCUT2D eigenvalue weighted by Gasteiger charge is -2.35. The normalized spacial score (nSPS) is 29.9. The zero-order valence-corrected chi connectivity index (χ0v) is 11.7. The summed E-state index contributed by atoms with van der Waals surface area (Å²) in [6.45, 7) is 4.51. The van der Waals surface area contributed by atoms with Gasteiger partial charge in [-0.3, -0.25) is 4.79 Å². The molecule has 0 aromatic rings. The van der Waals surface area contributed by atoms with Crippen molar-refractivity contribution in [2.45, 2.75) is 70.4 Å². The molecule has 0 bridgehead atoms. The van der Waals surface area contributed by atoms with Gasteiger partial charge >= 0.3 is 0 Å². The van der Waals surface area contributed by atoms with E-state index in [9.17, 15) is 9.90 Å². The highest BCUT2D eigenvalue weighted by molar-refractivity contribution is 5.75. The summed E-state index contributed by atoms with van der Waals surface area (Å²) in [6, 6.07) is 0.154. The maximum atomic E-state index is 11.6. The third-order valence-corrected chi connectivity index (χ3v) is 3.75. The average molecular weight is 256 g/mol. The third kappa shape index (κ3) is 5.83. The minimum Gasteiger partial charge on any atom is -0.388 e. The molecule has 1 aliphatic rings. The molecule has 0 aromatic heterocycles. The Labute approximate surface area is 110 Å². The van der Waals surface area contributed by atoms with Gasteiger partial charge in [0, 0.05) is 19.0 Å². The molecule has 0 aliphatic heterocycles. The van der Waals surface area contributed by atoms with Gasteiger partial charge in [-0.1, -0.05) is 19.8 Å². The monoisotopic (exact) mass is 256 g/mol. The Morgan fingerprint density at radius 2 is 2.33 bits per heavy atom. The second kappa shape index (κ2) is 7.10. The highest BCUT2D eigenvalue weighted by Gasteiger charge is 2.32. The molecule has 4 N–H and O–H groups in total. The number of amides is 1. The summed E-state index contributed by atoms with van der Waals surface area (Å²) < 4.78 is 0. The minimum absolute atomic E-state index is 0.0299. The quantitative estimate of drug-likeness (QED) is 0.675. The van der Waals surface area contributed by atoms with Gasteiger partial charge < -0.3 is 16.2 Å². The van der Waals surface area contributed by atoms with Crippen LogP contribution in [-0.4, -0.2) is 29.2 Å². The summed E-state index contributed by atoms with van der Waals surface area (Å²) in [5, 5.41) is 13.2. The minimum atomic E-state index is -0.686. The molecule has 1 fully saturated rings. The third-order valence-electron chi connectivity index (χ3n) is 3.75. The fourth-order valence-electron chi connectivity index (χ4n) is 2.73. The summed E-state index contributed by atoms with van der Waals surface area (Å²) in [7, 11) is 0. The number of rotatable bonds is 6. The molecule has 0 radical (unpaired) electrons. The molecule has 4 nitrogen and oxygen atoms in total. The molecule has 0 aromatic carbocycles. The van der Waals surface area contributed by atoms with Crippen molar-refractivity contribution >= 4 is 5.91 Å². The Balaban J connectivity index is 2.20. The van der Waals surface area contributed by atoms with E-state index in [4.69, 9.17) is 5.73 Å². The van der Waals surface area contributed by atoms with Crippen LogP contribution in [0.2, 0.25) is 0 Å². The van der Waals surface area contributed by atoms with Gasteiger partial charge in [-0.05, 0) is 38.5 Å². The molecule has 3 unspecified atom stereocenters. The van der Waals surface area contributed by atoms with Gasteiger partial charge in [-0.2, -0.15) is 0 Å². The van der Waals surface area contributed by atoms with Crippen molar-refractivity contribution < 1.29 is 9.90 Å². The lowest BCUT2D eigenvalue weighted by atomic mass is 9.79. The van der Waals surface area contributed by atoms with Gasteiger partial charge in [0.25, 0.3) is 0 Å². The molecule has 1 saturated carbocycles. The number of carbonyl (C=O) groups is 1. The highest BCUT2D eigenvalue weighted by atomic mass is 16.3. The van der Waals surface area contributed by atoms with E-state index in [2.05, 4.69) is 12.2 Å². The van der Waals surface area contributed by atoms with E-state index in [0.29, 0.717) is 18.9 Å². The lowest BCUT2D eigenvalue weighted by Crippen LogP contribution is -2.45. The maximum absolute atomic E-state index is 11.6. The van der Waals surface area contributed by atoms with E-state index in [0.717, 1.165) is 32.1 Å². The van der Waals surface area contributed by atoms with Crippen molar-refractivity contribution in [2.24, 2.45) is 11.7 Å². The Bertz CT molecular complexity index is 269. The van der Waals surface area contributed by atoms with Crippen LogP contribution >= 0.6 is 0 Å². The van der Waals surface area contributed by atoms with Crippen molar-refractivity contribution in [3.8, 4) is 0 Å². The molecule has 0 heterocycles. The molecule has 1 aliphatic carbocycles. The van der Waals surface area contributed by atoms with Gasteiger partial charge in [-0.25, -0.2) is 0 Å². The molecule has 106 valence electrons. The number of hydrogen-bond donors (Lipinski definition) is 3. The first-order valence-electron chi connectivity index (χ1n) is 7.16. The van der Waals surface area contributed by atoms with Crippen LogP contribution in [0.1, 0.15) is 58.8 Å². The fourth-order valence-corrected chi connectivity index (χ4v) is 2.73. The molecule has 18 heavy (non-hydrogen) atoms. The van der Waals surface area contributed by atoms with Crippen molar-refractivity contribution in [3.63, 3.8) is 0 Å². The summed E-state index contributed by atoms with van der Waals surface area (Å²) in [4.78, 5) is 11.6. The summed E-state index contributed by atoms with van der Waals surface area (Å²) in [5.74, 6) is 0.584. The van der Waals surface area contributed by atoms with E-state index < -0.39 is 5.60 Å². The van der Waals surface area contributed by atoms with Crippen LogP contribution in [0.3, 0.4) is 0 Å². The Hall–Kier alpha value is -0.610. The second-order valence-electron chi connectivity index (χ2n) is 6.07. The molecular formula is C14H28N2O2. The van der Waals surface area contributed by atoms with E-state index in [1.165, 1.54) is 6.42 Å². The van der Waals surface area contributed by atoms with E-state index in [1.807, 2.05) is 6.92 Å². The van der Waals surface area contributed by atoms with Gasteiger partial charge in [0.2, 0.25) is 5.91 Å². The first-order valence-corrected chi connectivity index (χ1v) is 7.16. The zero-order valence-electron chi connectivity index (χ0n) is 11.7. The van der Waals surface area contributed by atoms with Crippen molar-refractivity contribution in [1.29, 1.82) is 0 Å². The zero-order chi connectivity index (χ0) is 13.6. The Morgan fingerprint density at radius 3 is 2.94 bits per heavy atom. The highest BCUT2D eigenvalue weighted by Crippen LogP contribution is 2.31. The van der Waals surface area contributed by atoms with Crippen molar-refractivity contribution in [2.75, 3.05) is 6.54 Å². The smallest absolute Gasteiger partial charge is 0.220 e. The number of nitrogens with two attached hydrogens (primary N) is 1. The van der Waals surface area contributed by atoms with Gasteiger partial charge in [0.15, 0.2) is 0 Å². The van der Waals surface area contributed by atoms with Crippen LogP contribution in [0, 0.1) is 5.92 Å². The fraction of sp³-hybridized carbons (Fsp3) is 0.929. The van der Waals surface area contributed by atoms with Crippen LogP contribution in [0.15, 0.2) is 0 Å². The van der Waals surface area contributed by atoms with Crippen LogP contribution in [-0.2, 0) is 4.79 Å². The largest absolute Gasteiger partial charge is 0.388 e. The Kier molecular flexibility index (Phi) is 6.09. The van der Waals surface area contributed by atoms with E-state index in [-0.39, 0.29) is 11.9 Å². The number of hydrogen-bond acceptors (Lipinski definition) is 3. The first-order chi connectivity index (χ1) is 8.41. The summed E-state index contributed by atoms with van der Waals surface area (Å²) >= 11 is 0. The standard InChI is InChI=1S/C14H28N2O2/c1-11-5-4-8-14(18,9-11)10-16-13(17)7-3-6-12(2)15/h11-12,18H,3-10,15H2,1-2H3,(H,16,17). The number of aliphatic hydroxyl groups is 1. The molecular weight excluding hydrogens is 228 g/mol. The van der Waals surface area contributed by atoms with E-state index >= 15 is 0 Å². The summed E-state index contributed by atoms with van der Waals surface area (Å²) in [5.41, 5.74) is 4.95.